The highest BCUT2D eigenvalue weighted by Crippen LogP contribution is 2.23. The molecule has 0 spiro atoms. The van der Waals surface area contributed by atoms with Crippen molar-refractivity contribution in [2.24, 2.45) is 5.92 Å². The molecule has 2 N–H and O–H groups in total. The van der Waals surface area contributed by atoms with Crippen molar-refractivity contribution in [3.05, 3.63) is 24.3 Å². The third kappa shape index (κ3) is 6.09. The van der Waals surface area contributed by atoms with Crippen molar-refractivity contribution in [1.82, 2.24) is 4.72 Å². The number of hydrogen-bond donors (Lipinski definition) is 2. The van der Waals surface area contributed by atoms with Crippen LogP contribution < -0.4 is 10.0 Å². The van der Waals surface area contributed by atoms with Gasteiger partial charge in [-0.15, -0.1) is 0 Å². The molecule has 0 aromatic heterocycles. The van der Waals surface area contributed by atoms with Gasteiger partial charge in [-0.2, -0.15) is 0 Å². The van der Waals surface area contributed by atoms with Gasteiger partial charge < -0.3 is 5.32 Å². The molecule has 25 heavy (non-hydrogen) atoms. The molecule has 0 unspecified atom stereocenters. The molecule has 1 heterocycles. The van der Waals surface area contributed by atoms with Crippen LogP contribution in [-0.2, 0) is 24.7 Å². The molecule has 0 bridgehead atoms. The molecule has 1 saturated heterocycles. The standard InChI is InChI=1S/C16H24N2O5S2/c1-16(2,3)18-25(22,23)14-6-4-5-13(10-14)17-15(19)9-12-7-8-24(20,21)11-12/h4-6,10,12,18H,7-9,11H2,1-3H3,(H,17,19)/t12-/m1/s1. The van der Waals surface area contributed by atoms with E-state index in [1.165, 1.54) is 12.1 Å². The number of amides is 1. The fourth-order valence-electron chi connectivity index (χ4n) is 2.71. The maximum absolute atomic E-state index is 12.3. The van der Waals surface area contributed by atoms with Crippen LogP contribution in [0.5, 0.6) is 0 Å². The molecule has 1 amide bonds. The van der Waals surface area contributed by atoms with Crippen LogP contribution in [0, 0.1) is 5.92 Å². The number of anilines is 1. The Labute approximate surface area is 149 Å². The zero-order valence-electron chi connectivity index (χ0n) is 14.6. The number of benzene rings is 1. The summed E-state index contributed by atoms with van der Waals surface area (Å²) in [6.07, 6.45) is 0.593. The number of sulfonamides is 1. The Kier molecular flexibility index (Phi) is 5.60. The molecule has 0 aliphatic carbocycles. The van der Waals surface area contributed by atoms with Gasteiger partial charge in [0.05, 0.1) is 16.4 Å². The van der Waals surface area contributed by atoms with Gasteiger partial charge in [0, 0.05) is 17.6 Å². The highest BCUT2D eigenvalue weighted by Gasteiger charge is 2.29. The lowest BCUT2D eigenvalue weighted by atomic mass is 10.1. The summed E-state index contributed by atoms with van der Waals surface area (Å²) in [7, 11) is -6.72. The van der Waals surface area contributed by atoms with Crippen LogP contribution in [-0.4, -0.2) is 39.8 Å². The molecule has 7 nitrogen and oxygen atoms in total. The molecule has 9 heteroatoms. The first kappa shape index (κ1) is 19.9. The summed E-state index contributed by atoms with van der Waals surface area (Å²) in [4.78, 5) is 12.2. The molecule has 1 aromatic carbocycles. The van der Waals surface area contributed by atoms with Crippen molar-refractivity contribution in [1.29, 1.82) is 0 Å². The maximum Gasteiger partial charge on any atom is 0.241 e. The second-order valence-corrected chi connectivity index (χ2v) is 11.3. The van der Waals surface area contributed by atoms with Gasteiger partial charge in [0.2, 0.25) is 15.9 Å². The van der Waals surface area contributed by atoms with E-state index in [4.69, 9.17) is 0 Å². The predicted molar refractivity (Wildman–Crippen MR) is 96.5 cm³/mol. The zero-order chi connectivity index (χ0) is 18.9. The Bertz CT molecular complexity index is 855. The van der Waals surface area contributed by atoms with Gasteiger partial charge in [-0.25, -0.2) is 21.6 Å². The maximum atomic E-state index is 12.3. The predicted octanol–water partition coefficient (Wildman–Crippen LogP) is 1.53. The Morgan fingerprint density at radius 1 is 1.28 bits per heavy atom. The van der Waals surface area contributed by atoms with Crippen molar-refractivity contribution in [2.45, 2.75) is 44.0 Å². The molecule has 2 rings (SSSR count). The van der Waals surface area contributed by atoms with Gasteiger partial charge in [-0.05, 0) is 51.3 Å². The highest BCUT2D eigenvalue weighted by atomic mass is 32.2. The first-order valence-corrected chi connectivity index (χ1v) is 11.3. The van der Waals surface area contributed by atoms with Gasteiger partial charge in [-0.1, -0.05) is 6.07 Å². The zero-order valence-corrected chi connectivity index (χ0v) is 16.2. The molecule has 1 aliphatic rings. The average molecular weight is 389 g/mol. The molecule has 0 saturated carbocycles. The number of sulfone groups is 1. The minimum absolute atomic E-state index is 0.0321. The Balaban J connectivity index is 2.05. The molecule has 1 fully saturated rings. The molecule has 1 atom stereocenters. The van der Waals surface area contributed by atoms with Crippen LogP contribution in [0.1, 0.15) is 33.6 Å². The van der Waals surface area contributed by atoms with E-state index in [-0.39, 0.29) is 34.6 Å². The van der Waals surface area contributed by atoms with Gasteiger partial charge in [-0.3, -0.25) is 4.79 Å². The van der Waals surface area contributed by atoms with Crippen molar-refractivity contribution in [3.63, 3.8) is 0 Å². The van der Waals surface area contributed by atoms with Crippen LogP contribution >= 0.6 is 0 Å². The van der Waals surface area contributed by atoms with E-state index in [1.54, 1.807) is 32.9 Å². The van der Waals surface area contributed by atoms with Gasteiger partial charge >= 0.3 is 0 Å². The summed E-state index contributed by atoms with van der Waals surface area (Å²) in [6.45, 7) is 5.23. The topological polar surface area (TPSA) is 109 Å². The van der Waals surface area contributed by atoms with E-state index in [1.807, 2.05) is 0 Å². The van der Waals surface area contributed by atoms with Crippen molar-refractivity contribution < 1.29 is 21.6 Å². The second-order valence-electron chi connectivity index (χ2n) is 7.40. The first-order chi connectivity index (χ1) is 11.4. The number of nitrogens with one attached hydrogen (secondary N) is 2. The summed E-state index contributed by atoms with van der Waals surface area (Å²) in [5.74, 6) is -0.346. The van der Waals surface area contributed by atoms with Gasteiger partial charge in [0.25, 0.3) is 0 Å². The first-order valence-electron chi connectivity index (χ1n) is 8.01. The Morgan fingerprint density at radius 2 is 1.96 bits per heavy atom. The van der Waals surface area contributed by atoms with Gasteiger partial charge in [0.15, 0.2) is 9.84 Å². The lowest BCUT2D eigenvalue weighted by Gasteiger charge is -2.20. The lowest BCUT2D eigenvalue weighted by molar-refractivity contribution is -0.116. The summed E-state index contributed by atoms with van der Waals surface area (Å²) in [5, 5.41) is 2.65. The van der Waals surface area contributed by atoms with E-state index >= 15 is 0 Å². The molecule has 140 valence electrons. The lowest BCUT2D eigenvalue weighted by Crippen LogP contribution is -2.40. The molecule has 1 aliphatic heterocycles. The van der Waals surface area contributed by atoms with Crippen molar-refractivity contribution >= 4 is 31.5 Å². The summed E-state index contributed by atoms with van der Waals surface area (Å²) < 4.78 is 50.1. The Hall–Kier alpha value is -1.45. The van der Waals surface area contributed by atoms with Crippen LogP contribution in [0.4, 0.5) is 5.69 Å². The quantitative estimate of drug-likeness (QED) is 0.795. The number of hydrogen-bond acceptors (Lipinski definition) is 5. The smallest absolute Gasteiger partial charge is 0.241 e. The van der Waals surface area contributed by atoms with Crippen LogP contribution in [0.25, 0.3) is 0 Å². The highest BCUT2D eigenvalue weighted by molar-refractivity contribution is 7.91. The Morgan fingerprint density at radius 3 is 2.52 bits per heavy atom. The molecular weight excluding hydrogens is 364 g/mol. The third-order valence-corrected chi connectivity index (χ3v) is 7.26. The monoisotopic (exact) mass is 388 g/mol. The third-order valence-electron chi connectivity index (χ3n) is 3.67. The van der Waals surface area contributed by atoms with E-state index < -0.39 is 25.4 Å². The summed E-state index contributed by atoms with van der Waals surface area (Å²) >= 11 is 0. The molecular formula is C16H24N2O5S2. The number of rotatable bonds is 5. The SMILES string of the molecule is CC(C)(C)NS(=O)(=O)c1cccc(NC(=O)C[C@H]2CCS(=O)(=O)C2)c1. The summed E-state index contributed by atoms with van der Waals surface area (Å²) in [6, 6.07) is 5.98. The van der Waals surface area contributed by atoms with Crippen LogP contribution in [0.3, 0.4) is 0 Å². The van der Waals surface area contributed by atoms with Crippen molar-refractivity contribution in [3.8, 4) is 0 Å². The molecule has 1 aromatic rings. The minimum Gasteiger partial charge on any atom is -0.326 e. The summed E-state index contributed by atoms with van der Waals surface area (Å²) in [5.41, 5.74) is -0.255. The molecule has 0 radical (unpaired) electrons. The fourth-order valence-corrected chi connectivity index (χ4v) is 6.04. The van der Waals surface area contributed by atoms with E-state index in [2.05, 4.69) is 10.0 Å². The van der Waals surface area contributed by atoms with E-state index in [0.717, 1.165) is 0 Å². The normalized spacial score (nSPS) is 20.4. The van der Waals surface area contributed by atoms with Crippen LogP contribution in [0.15, 0.2) is 29.2 Å². The van der Waals surface area contributed by atoms with E-state index in [0.29, 0.717) is 12.1 Å². The number of carbonyl (C=O) groups excluding carboxylic acids is 1. The second kappa shape index (κ2) is 7.05. The number of carbonyl (C=O) groups is 1. The van der Waals surface area contributed by atoms with Crippen molar-refractivity contribution in [2.75, 3.05) is 16.8 Å². The average Bonchev–Trinajstić information content (AvgIpc) is 2.75. The minimum atomic E-state index is -3.69. The largest absolute Gasteiger partial charge is 0.326 e. The fraction of sp³-hybridized carbons (Fsp3) is 0.562. The van der Waals surface area contributed by atoms with Crippen LogP contribution in [0.2, 0.25) is 0 Å². The van der Waals surface area contributed by atoms with Gasteiger partial charge in [0.1, 0.15) is 0 Å². The van der Waals surface area contributed by atoms with E-state index in [9.17, 15) is 21.6 Å².